The first-order valence-electron chi connectivity index (χ1n) is 12.3. The molecule has 0 saturated carbocycles. The number of para-hydroxylation sites is 1. The number of aryl methyl sites for hydroxylation is 3. The number of sulfonamides is 1. The van der Waals surface area contributed by atoms with Crippen molar-refractivity contribution in [3.8, 4) is 0 Å². The van der Waals surface area contributed by atoms with Crippen molar-refractivity contribution in [2.75, 3.05) is 17.9 Å². The van der Waals surface area contributed by atoms with Crippen LogP contribution < -0.4 is 9.62 Å². The normalized spacial score (nSPS) is 12.0. The first-order valence-corrected chi connectivity index (χ1v) is 13.7. The molecule has 0 aliphatic rings. The van der Waals surface area contributed by atoms with Gasteiger partial charge in [-0.15, -0.1) is 0 Å². The van der Waals surface area contributed by atoms with Gasteiger partial charge in [-0.1, -0.05) is 67.1 Å². The molecule has 37 heavy (non-hydrogen) atoms. The largest absolute Gasteiger partial charge is 0.357 e. The average Bonchev–Trinajstić information content (AvgIpc) is 2.88. The van der Waals surface area contributed by atoms with Crippen molar-refractivity contribution < 1.29 is 18.0 Å². The molecular weight excluding hydrogens is 486 g/mol. The maximum atomic E-state index is 13.9. The molecule has 1 N–H and O–H groups in total. The highest BCUT2D eigenvalue weighted by molar-refractivity contribution is 7.92. The molecule has 0 bridgehead atoms. The molecule has 8 heteroatoms. The molecule has 0 aliphatic carbocycles. The van der Waals surface area contributed by atoms with Gasteiger partial charge >= 0.3 is 0 Å². The molecule has 3 aromatic rings. The maximum absolute atomic E-state index is 13.9. The molecule has 1 unspecified atom stereocenters. The average molecular weight is 522 g/mol. The lowest BCUT2D eigenvalue weighted by atomic mass is 10.1. The van der Waals surface area contributed by atoms with Crippen molar-refractivity contribution >= 4 is 27.5 Å². The molecule has 0 aromatic heterocycles. The molecule has 0 fully saturated rings. The van der Waals surface area contributed by atoms with Gasteiger partial charge in [0.2, 0.25) is 11.8 Å². The molecular formula is C29H35N3O4S. The third-order valence-corrected chi connectivity index (χ3v) is 8.28. The standard InChI is InChI=1S/C29H35N3O4S/c1-6-26(29(34)30-5)31(19-24-13-9-7-11-22(24)3)28(33)20-32(27-14-10-8-12-23(27)4)37(35,36)25-17-15-21(2)16-18-25/h7-18,26H,6,19-20H2,1-5H3,(H,30,34). The minimum atomic E-state index is -4.08. The molecule has 3 aromatic carbocycles. The number of likely N-dealkylation sites (N-methyl/N-ethyl adjacent to an activating group) is 1. The zero-order valence-electron chi connectivity index (χ0n) is 22.1. The number of anilines is 1. The Labute approximate surface area is 220 Å². The minimum absolute atomic E-state index is 0.0953. The summed E-state index contributed by atoms with van der Waals surface area (Å²) in [5.41, 5.74) is 3.94. The second-order valence-electron chi connectivity index (χ2n) is 9.10. The number of amides is 2. The van der Waals surface area contributed by atoms with Crippen LogP contribution in [0.1, 0.15) is 35.6 Å². The first-order chi connectivity index (χ1) is 17.6. The van der Waals surface area contributed by atoms with Crippen LogP contribution in [0.2, 0.25) is 0 Å². The van der Waals surface area contributed by atoms with E-state index in [4.69, 9.17) is 0 Å². The maximum Gasteiger partial charge on any atom is 0.264 e. The van der Waals surface area contributed by atoms with Gasteiger partial charge in [0.25, 0.3) is 10.0 Å². The Morgan fingerprint density at radius 3 is 2.03 bits per heavy atom. The Morgan fingerprint density at radius 1 is 0.865 bits per heavy atom. The van der Waals surface area contributed by atoms with E-state index < -0.39 is 28.5 Å². The van der Waals surface area contributed by atoms with Crippen LogP contribution in [0.4, 0.5) is 5.69 Å². The van der Waals surface area contributed by atoms with E-state index in [1.807, 2.05) is 64.1 Å². The molecule has 0 heterocycles. The third-order valence-electron chi connectivity index (χ3n) is 6.51. The fourth-order valence-corrected chi connectivity index (χ4v) is 5.73. The number of carbonyl (C=O) groups excluding carboxylic acids is 2. The summed E-state index contributed by atoms with van der Waals surface area (Å²) >= 11 is 0. The van der Waals surface area contributed by atoms with E-state index in [0.29, 0.717) is 12.1 Å². The van der Waals surface area contributed by atoms with Crippen molar-refractivity contribution in [2.45, 2.75) is 51.6 Å². The summed E-state index contributed by atoms with van der Waals surface area (Å²) in [6.07, 6.45) is 0.381. The first kappa shape index (κ1) is 27.9. The Hall–Kier alpha value is -3.65. The lowest BCUT2D eigenvalue weighted by Crippen LogP contribution is -2.52. The van der Waals surface area contributed by atoms with Crippen LogP contribution in [0.5, 0.6) is 0 Å². The Kier molecular flexibility index (Phi) is 9.10. The minimum Gasteiger partial charge on any atom is -0.357 e. The Bertz CT molecular complexity index is 1350. The number of benzene rings is 3. The predicted molar refractivity (Wildman–Crippen MR) is 147 cm³/mol. The highest BCUT2D eigenvalue weighted by atomic mass is 32.2. The van der Waals surface area contributed by atoms with Gasteiger partial charge in [-0.3, -0.25) is 13.9 Å². The van der Waals surface area contributed by atoms with Crippen molar-refractivity contribution in [3.63, 3.8) is 0 Å². The summed E-state index contributed by atoms with van der Waals surface area (Å²) in [5, 5.41) is 2.64. The van der Waals surface area contributed by atoms with Gasteiger partial charge in [-0.05, 0) is 62.1 Å². The molecule has 3 rings (SSSR count). The van der Waals surface area contributed by atoms with Gasteiger partial charge in [-0.2, -0.15) is 0 Å². The third kappa shape index (κ3) is 6.38. The van der Waals surface area contributed by atoms with E-state index in [1.54, 1.807) is 36.4 Å². The van der Waals surface area contributed by atoms with Gasteiger partial charge in [-0.25, -0.2) is 8.42 Å². The zero-order chi connectivity index (χ0) is 27.2. The Balaban J connectivity index is 2.08. The van der Waals surface area contributed by atoms with Crippen molar-refractivity contribution in [1.82, 2.24) is 10.2 Å². The second-order valence-corrected chi connectivity index (χ2v) is 11.0. The van der Waals surface area contributed by atoms with Gasteiger partial charge in [0.15, 0.2) is 0 Å². The second kappa shape index (κ2) is 12.1. The van der Waals surface area contributed by atoms with E-state index in [9.17, 15) is 18.0 Å². The van der Waals surface area contributed by atoms with E-state index in [0.717, 1.165) is 26.6 Å². The number of nitrogens with zero attached hydrogens (tertiary/aromatic N) is 2. The molecule has 196 valence electrons. The van der Waals surface area contributed by atoms with Crippen LogP contribution in [0.25, 0.3) is 0 Å². The summed E-state index contributed by atoms with van der Waals surface area (Å²) in [7, 11) is -2.55. The number of hydrogen-bond acceptors (Lipinski definition) is 4. The van der Waals surface area contributed by atoms with Gasteiger partial charge in [0.05, 0.1) is 10.6 Å². The van der Waals surface area contributed by atoms with Crippen LogP contribution in [-0.4, -0.2) is 44.8 Å². The molecule has 0 saturated heterocycles. The molecule has 2 amide bonds. The van der Waals surface area contributed by atoms with E-state index >= 15 is 0 Å². The van der Waals surface area contributed by atoms with E-state index in [-0.39, 0.29) is 17.3 Å². The van der Waals surface area contributed by atoms with Gasteiger partial charge in [0.1, 0.15) is 12.6 Å². The fraction of sp³-hybridized carbons (Fsp3) is 0.310. The molecule has 7 nitrogen and oxygen atoms in total. The fourth-order valence-electron chi connectivity index (χ4n) is 4.25. The summed E-state index contributed by atoms with van der Waals surface area (Å²) < 4.78 is 28.9. The quantitative estimate of drug-likeness (QED) is 0.430. The van der Waals surface area contributed by atoms with Crippen molar-refractivity contribution in [2.24, 2.45) is 0 Å². The number of carbonyl (C=O) groups is 2. The summed E-state index contributed by atoms with van der Waals surface area (Å²) in [6, 6.07) is 20.5. The smallest absolute Gasteiger partial charge is 0.264 e. The van der Waals surface area contributed by atoms with Crippen LogP contribution in [0.15, 0.2) is 77.7 Å². The number of hydrogen-bond donors (Lipinski definition) is 1. The zero-order valence-corrected chi connectivity index (χ0v) is 22.9. The highest BCUT2D eigenvalue weighted by Crippen LogP contribution is 2.28. The van der Waals surface area contributed by atoms with Gasteiger partial charge in [0, 0.05) is 13.6 Å². The Morgan fingerprint density at radius 2 is 1.46 bits per heavy atom. The van der Waals surface area contributed by atoms with Crippen LogP contribution >= 0.6 is 0 Å². The lowest BCUT2D eigenvalue weighted by Gasteiger charge is -2.33. The number of nitrogens with one attached hydrogen (secondary N) is 1. The molecule has 0 spiro atoms. The van der Waals surface area contributed by atoms with Gasteiger partial charge < -0.3 is 10.2 Å². The highest BCUT2D eigenvalue weighted by Gasteiger charge is 2.34. The monoisotopic (exact) mass is 521 g/mol. The van der Waals surface area contributed by atoms with Crippen LogP contribution in [0, 0.1) is 20.8 Å². The molecule has 0 radical (unpaired) electrons. The summed E-state index contributed by atoms with van der Waals surface area (Å²) in [5.74, 6) is -0.758. The molecule has 1 atom stereocenters. The van der Waals surface area contributed by atoms with E-state index in [1.165, 1.54) is 11.9 Å². The lowest BCUT2D eigenvalue weighted by molar-refractivity contribution is -0.140. The number of rotatable bonds is 10. The topological polar surface area (TPSA) is 86.8 Å². The SMILES string of the molecule is CCC(C(=O)NC)N(Cc1ccccc1C)C(=O)CN(c1ccccc1C)S(=O)(=O)c1ccc(C)cc1. The summed E-state index contributed by atoms with van der Waals surface area (Å²) in [6.45, 7) is 7.21. The van der Waals surface area contributed by atoms with Crippen molar-refractivity contribution in [3.05, 3.63) is 95.1 Å². The van der Waals surface area contributed by atoms with E-state index in [2.05, 4.69) is 5.32 Å². The summed E-state index contributed by atoms with van der Waals surface area (Å²) in [4.78, 5) is 28.3. The van der Waals surface area contributed by atoms with Crippen LogP contribution in [-0.2, 0) is 26.2 Å². The molecule has 0 aliphatic heterocycles. The van der Waals surface area contributed by atoms with Crippen molar-refractivity contribution in [1.29, 1.82) is 0 Å². The predicted octanol–water partition coefficient (Wildman–Crippen LogP) is 4.36. The van der Waals surface area contributed by atoms with Crippen LogP contribution in [0.3, 0.4) is 0 Å².